The predicted octanol–water partition coefficient (Wildman–Crippen LogP) is 7.15. The number of benzene rings is 3. The highest BCUT2D eigenvalue weighted by Crippen LogP contribution is 2.64. The molecule has 0 aliphatic carbocycles. The summed E-state index contributed by atoms with van der Waals surface area (Å²) >= 11 is 0. The average molecular weight is 941 g/mol. The van der Waals surface area contributed by atoms with Crippen molar-refractivity contribution in [1.29, 1.82) is 0 Å². The van der Waals surface area contributed by atoms with Crippen LogP contribution < -0.4 is 37.7 Å². The summed E-state index contributed by atoms with van der Waals surface area (Å²) in [6.45, 7) is 16.3. The first-order chi connectivity index (χ1) is 28.9. The maximum atomic E-state index is 13.5. The first-order valence-corrected chi connectivity index (χ1v) is 25.6. The van der Waals surface area contributed by atoms with Gasteiger partial charge in [0.15, 0.2) is 0 Å². The van der Waals surface area contributed by atoms with Crippen LogP contribution in [-0.4, -0.2) is 65.3 Å². The monoisotopic (exact) mass is 940 g/mol. The Kier molecular flexibility index (Phi) is 13.8. The largest absolute Gasteiger partial charge is 0.598 e. The second-order valence-electron chi connectivity index (χ2n) is 18.4. The molecule has 62 heavy (non-hydrogen) atoms. The second-order valence-corrected chi connectivity index (χ2v) is 24.8. The fraction of sp³-hybridized carbons (Fsp3) is 0.500. The van der Waals surface area contributed by atoms with Gasteiger partial charge in [0.1, 0.15) is 52.9 Å². The van der Waals surface area contributed by atoms with Gasteiger partial charge in [-0.15, -0.1) is 0 Å². The van der Waals surface area contributed by atoms with Crippen LogP contribution in [0.4, 0.5) is 11.4 Å². The van der Waals surface area contributed by atoms with Crippen LogP contribution in [-0.2, 0) is 36.2 Å². The van der Waals surface area contributed by atoms with Crippen molar-refractivity contribution in [2.24, 2.45) is 31.6 Å². The molecule has 3 aromatic carbocycles. The summed E-state index contributed by atoms with van der Waals surface area (Å²) < 4.78 is 67.1. The molecule has 3 aromatic rings. The Morgan fingerprint density at radius 1 is 0.403 bits per heavy atom. The summed E-state index contributed by atoms with van der Waals surface area (Å²) in [6.07, 6.45) is 3.09. The molecule has 338 valence electrons. The van der Waals surface area contributed by atoms with Crippen LogP contribution in [0.5, 0.6) is 23.0 Å². The zero-order valence-electron chi connectivity index (χ0n) is 35.8. The number of phosphoric acid groups is 4. The van der Waals surface area contributed by atoms with Gasteiger partial charge < -0.3 is 19.6 Å². The molecule has 7 rings (SSSR count). The number of hydrogen-bond donors (Lipinski definition) is 0. The van der Waals surface area contributed by atoms with E-state index in [9.17, 15) is 19.6 Å². The molecule has 0 atom stereocenters. The standard InChI is InChI=1S/C40H52N2O16P4/c1-37(2)21-47-59(43,48-22-37)55-33-15-9-29(17-35(33)57-61(45)51-25-39(5,6)26-52-61)19-41-31-11-13-32(14-12-31)42-20-30-10-16-34(56-60(44)49-23-38(3,4)24-50-60)36(18-30)58-62(46)53-27-40(7,8)28-54-62/h9-20H,21-28H2,1-8H3. The maximum absolute atomic E-state index is 13.5. The molecule has 0 radical (unpaired) electrons. The van der Waals surface area contributed by atoms with Crippen molar-refractivity contribution in [2.75, 3.05) is 52.9 Å². The van der Waals surface area contributed by atoms with Gasteiger partial charge in [0, 0.05) is 34.1 Å². The van der Waals surface area contributed by atoms with Crippen molar-refractivity contribution in [3.05, 3.63) is 71.8 Å². The lowest BCUT2D eigenvalue weighted by Gasteiger charge is -2.37. The lowest BCUT2D eigenvalue weighted by Crippen LogP contribution is -2.37. The van der Waals surface area contributed by atoms with E-state index in [1.165, 1.54) is 24.3 Å². The highest BCUT2D eigenvalue weighted by atomic mass is 31.2. The van der Waals surface area contributed by atoms with E-state index in [-0.39, 0.29) is 97.5 Å². The number of nitrogens with zero attached hydrogens (tertiary/aromatic N) is 2. The molecule has 18 nitrogen and oxygen atoms in total. The van der Waals surface area contributed by atoms with Crippen molar-refractivity contribution in [1.82, 2.24) is 0 Å². The van der Waals surface area contributed by atoms with Crippen LogP contribution in [0.2, 0.25) is 0 Å². The Balaban J connectivity index is 1.06. The van der Waals surface area contributed by atoms with Crippen LogP contribution in [0.1, 0.15) is 66.5 Å². The molecule has 0 saturated carbocycles. The first kappa shape index (κ1) is 47.4. The summed E-state index contributed by atoms with van der Waals surface area (Å²) in [5.41, 5.74) is 0.678. The fourth-order valence-electron chi connectivity index (χ4n) is 5.47. The summed E-state index contributed by atoms with van der Waals surface area (Å²) in [5.74, 6) is -0.264. The van der Waals surface area contributed by atoms with Gasteiger partial charge >= 0.3 is 32.7 Å². The molecule has 0 amide bonds. The van der Waals surface area contributed by atoms with E-state index in [4.69, 9.17) is 54.3 Å². The van der Waals surface area contributed by atoms with E-state index in [2.05, 4.69) is 9.98 Å². The first-order valence-electron chi connectivity index (χ1n) is 19.7. The van der Waals surface area contributed by atoms with Crippen molar-refractivity contribution in [2.45, 2.75) is 55.4 Å². The van der Waals surface area contributed by atoms with Crippen LogP contribution in [0.15, 0.2) is 70.6 Å². The van der Waals surface area contributed by atoms with Crippen molar-refractivity contribution in [3.8, 4) is 23.0 Å². The van der Waals surface area contributed by atoms with E-state index in [1.54, 1.807) is 48.8 Å². The molecule has 4 aliphatic rings. The SMILES string of the molecule is CC1(C)CO[P+]([O-])(Oc2ccc(C=Nc3ccc(N=Cc4ccc(O[P+]5([O-])OCC(C)(C)CO5)c(O[P+]5([O-])OCC(C)(C)CO5)c4)cc3)cc2O[P+]2([O-])OCC(C)(C)CO2)OC1. The minimum Gasteiger partial charge on any atom is -0.598 e. The zero-order chi connectivity index (χ0) is 44.7. The van der Waals surface area contributed by atoms with E-state index >= 15 is 0 Å². The molecular weight excluding hydrogens is 888 g/mol. The number of aliphatic imine (C=N–C) groups is 2. The van der Waals surface area contributed by atoms with Gasteiger partial charge in [-0.1, -0.05) is 55.4 Å². The Morgan fingerprint density at radius 3 is 0.903 bits per heavy atom. The summed E-state index contributed by atoms with van der Waals surface area (Å²) in [7, 11) is -16.2. The number of hydrogen-bond acceptors (Lipinski definition) is 18. The fourth-order valence-corrected chi connectivity index (χ4v) is 11.8. The van der Waals surface area contributed by atoms with Crippen molar-refractivity contribution >= 4 is 56.5 Å². The Morgan fingerprint density at radius 2 is 0.645 bits per heavy atom. The average Bonchev–Trinajstić information content (AvgIpc) is 3.21. The number of phosphoric ester groups is 4. The van der Waals surface area contributed by atoms with E-state index < -0.39 is 32.7 Å². The van der Waals surface area contributed by atoms with Crippen molar-refractivity contribution < 1.29 is 73.9 Å². The van der Waals surface area contributed by atoms with Crippen LogP contribution in [0, 0.1) is 21.7 Å². The third-order valence-corrected chi connectivity index (χ3v) is 14.5. The Labute approximate surface area is 364 Å². The number of rotatable bonds is 12. The van der Waals surface area contributed by atoms with Gasteiger partial charge in [0.2, 0.25) is 23.0 Å². The molecule has 4 aliphatic heterocycles. The minimum atomic E-state index is -4.07. The molecular formula is C40H52N2O16P4. The van der Waals surface area contributed by atoms with Crippen molar-refractivity contribution in [3.63, 3.8) is 0 Å². The molecule has 0 unspecified atom stereocenters. The molecule has 0 N–H and O–H groups in total. The van der Waals surface area contributed by atoms with E-state index in [1.807, 2.05) is 55.4 Å². The maximum Gasteiger partial charge on any atom is 0.429 e. The zero-order valence-corrected chi connectivity index (χ0v) is 39.4. The highest BCUT2D eigenvalue weighted by molar-refractivity contribution is 7.55. The Bertz CT molecular complexity index is 1950. The third kappa shape index (κ3) is 12.8. The van der Waals surface area contributed by atoms with Gasteiger partial charge in [0.05, 0.1) is 11.4 Å². The summed E-state index contributed by atoms with van der Waals surface area (Å²) in [4.78, 5) is 62.7. The second kappa shape index (κ2) is 18.0. The molecule has 4 heterocycles. The molecule has 0 aromatic heterocycles. The summed E-state index contributed by atoms with van der Waals surface area (Å²) in [5, 5.41) is 0. The molecule has 0 spiro atoms. The van der Waals surface area contributed by atoms with Gasteiger partial charge in [-0.05, 0) is 71.8 Å². The van der Waals surface area contributed by atoms with E-state index in [0.29, 0.717) is 22.5 Å². The minimum absolute atomic E-state index is 0.0541. The molecule has 0 bridgehead atoms. The summed E-state index contributed by atoms with van der Waals surface area (Å²) in [6, 6.07) is 16.2. The van der Waals surface area contributed by atoms with Gasteiger partial charge in [-0.2, -0.15) is 36.2 Å². The van der Waals surface area contributed by atoms with Crippen LogP contribution >= 0.6 is 32.7 Å². The smallest absolute Gasteiger partial charge is 0.429 e. The lowest BCUT2D eigenvalue weighted by molar-refractivity contribution is -0.257. The van der Waals surface area contributed by atoms with Gasteiger partial charge in [-0.25, -0.2) is 0 Å². The van der Waals surface area contributed by atoms with Gasteiger partial charge in [-0.3, -0.25) is 28.1 Å². The van der Waals surface area contributed by atoms with Crippen LogP contribution in [0.25, 0.3) is 0 Å². The highest BCUT2D eigenvalue weighted by Gasteiger charge is 2.50. The molecule has 4 fully saturated rings. The third-order valence-electron chi connectivity index (χ3n) is 9.26. The van der Waals surface area contributed by atoms with Crippen LogP contribution in [0.3, 0.4) is 0 Å². The topological polar surface area (TPSA) is 228 Å². The van der Waals surface area contributed by atoms with Gasteiger partial charge in [0.25, 0.3) is 0 Å². The Hall–Kier alpha value is -2.56. The normalized spacial score (nSPS) is 24.3. The van der Waals surface area contributed by atoms with E-state index in [0.717, 1.165) is 0 Å². The molecule has 22 heteroatoms. The molecule has 4 saturated heterocycles. The predicted molar refractivity (Wildman–Crippen MR) is 227 cm³/mol. The quantitative estimate of drug-likeness (QED) is 0.130. The lowest BCUT2D eigenvalue weighted by atomic mass is 9.97.